The van der Waals surface area contributed by atoms with Crippen molar-refractivity contribution in [2.45, 2.75) is 11.4 Å². The fraction of sp³-hybridized carbons (Fsp3) is 0.0833. The topological polar surface area (TPSA) is 128 Å². The van der Waals surface area contributed by atoms with Crippen LogP contribution in [0.5, 0.6) is 0 Å². The monoisotopic (exact) mass is 308 g/mol. The summed E-state index contributed by atoms with van der Waals surface area (Å²) in [6, 6.07) is 8.64. The molecule has 1 aromatic carbocycles. The van der Waals surface area contributed by atoms with E-state index in [0.29, 0.717) is 0 Å². The van der Waals surface area contributed by atoms with Gasteiger partial charge in [-0.2, -0.15) is 0 Å². The lowest BCUT2D eigenvalue weighted by atomic mass is 10.2. The number of hydrogen-bond donors (Lipinski definition) is 2. The number of nitro benzene ring substituents is 1. The maximum Gasteiger partial charge on any atom is 0.273 e. The molecule has 0 fully saturated rings. The van der Waals surface area contributed by atoms with Crippen molar-refractivity contribution >= 4 is 21.5 Å². The first-order valence-corrected chi connectivity index (χ1v) is 7.32. The molecule has 0 amide bonds. The fourth-order valence-electron chi connectivity index (χ4n) is 1.72. The zero-order valence-corrected chi connectivity index (χ0v) is 11.6. The zero-order chi connectivity index (χ0) is 15.5. The van der Waals surface area contributed by atoms with Crippen molar-refractivity contribution in [2.75, 3.05) is 5.73 Å². The van der Waals surface area contributed by atoms with Crippen LogP contribution in [0.3, 0.4) is 0 Å². The van der Waals surface area contributed by atoms with Gasteiger partial charge in [0.15, 0.2) is 0 Å². The maximum absolute atomic E-state index is 12.1. The van der Waals surface area contributed by atoms with Gasteiger partial charge in [-0.15, -0.1) is 0 Å². The van der Waals surface area contributed by atoms with Gasteiger partial charge in [-0.05, 0) is 12.1 Å². The Morgan fingerprint density at radius 3 is 2.62 bits per heavy atom. The number of rotatable bonds is 5. The van der Waals surface area contributed by atoms with Crippen molar-refractivity contribution in [2.24, 2.45) is 0 Å². The largest absolute Gasteiger partial charge is 0.383 e. The molecule has 3 N–H and O–H groups in total. The van der Waals surface area contributed by atoms with Crippen LogP contribution in [0.4, 0.5) is 11.5 Å². The highest BCUT2D eigenvalue weighted by molar-refractivity contribution is 7.89. The number of hydrogen-bond acceptors (Lipinski definition) is 6. The van der Waals surface area contributed by atoms with Gasteiger partial charge in [-0.3, -0.25) is 10.1 Å². The van der Waals surface area contributed by atoms with E-state index in [2.05, 4.69) is 9.71 Å². The van der Waals surface area contributed by atoms with Crippen LogP contribution in [-0.4, -0.2) is 18.3 Å². The molecule has 0 aliphatic rings. The molecule has 9 heteroatoms. The Morgan fingerprint density at radius 1 is 1.24 bits per heavy atom. The Kier molecular flexibility index (Phi) is 4.15. The highest BCUT2D eigenvalue weighted by atomic mass is 32.2. The second-order valence-electron chi connectivity index (χ2n) is 4.10. The number of sulfonamides is 1. The summed E-state index contributed by atoms with van der Waals surface area (Å²) in [6.07, 6.45) is 1.37. The summed E-state index contributed by atoms with van der Waals surface area (Å²) in [7, 11) is -3.89. The quantitative estimate of drug-likeness (QED) is 0.627. The van der Waals surface area contributed by atoms with Crippen molar-refractivity contribution in [3.05, 3.63) is 58.3 Å². The van der Waals surface area contributed by atoms with Gasteiger partial charge < -0.3 is 5.73 Å². The molecule has 2 rings (SSSR count). The smallest absolute Gasteiger partial charge is 0.273 e. The number of anilines is 1. The standard InChI is InChI=1S/C12H12N4O4S/c13-12-11(6-3-7-14-12)21(19,20)15-8-9-4-1-2-5-10(9)16(17)18/h1-7,15H,8H2,(H2,13,14). The SMILES string of the molecule is Nc1ncccc1S(=O)(=O)NCc1ccccc1[N+](=O)[O-]. The first-order valence-electron chi connectivity index (χ1n) is 5.84. The number of benzene rings is 1. The van der Waals surface area contributed by atoms with Gasteiger partial charge in [0.2, 0.25) is 10.0 Å². The molecule has 8 nitrogen and oxygen atoms in total. The Bertz CT molecular complexity index is 776. The van der Waals surface area contributed by atoms with E-state index in [9.17, 15) is 18.5 Å². The molecule has 1 heterocycles. The molecule has 0 unspecified atom stereocenters. The number of nitro groups is 1. The molecule has 110 valence electrons. The van der Waals surface area contributed by atoms with E-state index in [-0.39, 0.29) is 28.5 Å². The molecule has 0 saturated carbocycles. The summed E-state index contributed by atoms with van der Waals surface area (Å²) in [5.74, 6) is -0.132. The minimum absolute atomic E-state index is 0.132. The lowest BCUT2D eigenvalue weighted by molar-refractivity contribution is -0.385. The van der Waals surface area contributed by atoms with Crippen molar-refractivity contribution in [1.29, 1.82) is 0 Å². The van der Waals surface area contributed by atoms with Gasteiger partial charge in [0.1, 0.15) is 10.7 Å². The summed E-state index contributed by atoms with van der Waals surface area (Å²) in [5.41, 5.74) is 5.62. The predicted molar refractivity (Wildman–Crippen MR) is 75.8 cm³/mol. The Morgan fingerprint density at radius 2 is 1.95 bits per heavy atom. The maximum atomic E-state index is 12.1. The third-order valence-corrected chi connectivity index (χ3v) is 4.18. The van der Waals surface area contributed by atoms with Crippen molar-refractivity contribution in [3.8, 4) is 0 Å². The first kappa shape index (κ1) is 14.9. The van der Waals surface area contributed by atoms with Gasteiger partial charge in [-0.25, -0.2) is 18.1 Å². The van der Waals surface area contributed by atoms with E-state index >= 15 is 0 Å². The van der Waals surface area contributed by atoms with E-state index in [1.165, 1.54) is 36.5 Å². The second kappa shape index (κ2) is 5.85. The lowest BCUT2D eigenvalue weighted by Crippen LogP contribution is -2.24. The van der Waals surface area contributed by atoms with Crippen LogP contribution in [0.1, 0.15) is 5.56 Å². The van der Waals surface area contributed by atoms with E-state index in [1.807, 2.05) is 0 Å². The summed E-state index contributed by atoms with van der Waals surface area (Å²) in [5, 5.41) is 10.9. The van der Waals surface area contributed by atoms with Gasteiger partial charge in [-0.1, -0.05) is 18.2 Å². The molecule has 0 atom stereocenters. The van der Waals surface area contributed by atoms with Gasteiger partial charge in [0.05, 0.1) is 4.92 Å². The van der Waals surface area contributed by atoms with Crippen LogP contribution in [0.2, 0.25) is 0 Å². The average Bonchev–Trinajstić information content (AvgIpc) is 2.45. The van der Waals surface area contributed by atoms with Gasteiger partial charge >= 0.3 is 0 Å². The van der Waals surface area contributed by atoms with Crippen LogP contribution >= 0.6 is 0 Å². The molecule has 0 aliphatic heterocycles. The van der Waals surface area contributed by atoms with Crippen molar-refractivity contribution < 1.29 is 13.3 Å². The molecule has 1 aromatic heterocycles. The average molecular weight is 308 g/mol. The molecule has 0 bridgehead atoms. The number of pyridine rings is 1. The number of nitrogens with two attached hydrogens (primary N) is 1. The van der Waals surface area contributed by atoms with Crippen LogP contribution in [-0.2, 0) is 16.6 Å². The minimum atomic E-state index is -3.89. The van der Waals surface area contributed by atoms with Crippen LogP contribution in [0, 0.1) is 10.1 Å². The highest BCUT2D eigenvalue weighted by Crippen LogP contribution is 2.19. The number of aromatic nitrogens is 1. The molecular weight excluding hydrogens is 296 g/mol. The number of para-hydroxylation sites is 1. The van der Waals surface area contributed by atoms with Gasteiger partial charge in [0.25, 0.3) is 5.69 Å². The molecule has 0 spiro atoms. The molecule has 21 heavy (non-hydrogen) atoms. The van der Waals surface area contributed by atoms with Crippen LogP contribution in [0.15, 0.2) is 47.5 Å². The number of nitrogens with zero attached hydrogens (tertiary/aromatic N) is 2. The van der Waals surface area contributed by atoms with E-state index < -0.39 is 14.9 Å². The molecule has 0 aliphatic carbocycles. The van der Waals surface area contributed by atoms with Crippen molar-refractivity contribution in [1.82, 2.24) is 9.71 Å². The second-order valence-corrected chi connectivity index (χ2v) is 5.83. The zero-order valence-electron chi connectivity index (χ0n) is 10.8. The summed E-state index contributed by atoms with van der Waals surface area (Å²) in [4.78, 5) is 13.8. The summed E-state index contributed by atoms with van der Waals surface area (Å²) in [6.45, 7) is -0.214. The Labute approximate surface area is 120 Å². The number of nitrogens with one attached hydrogen (secondary N) is 1. The van der Waals surface area contributed by atoms with E-state index in [1.54, 1.807) is 6.07 Å². The van der Waals surface area contributed by atoms with Crippen LogP contribution in [0.25, 0.3) is 0 Å². The predicted octanol–water partition coefficient (Wildman–Crippen LogP) is 1.05. The molecular formula is C12H12N4O4S. The normalized spacial score (nSPS) is 11.2. The van der Waals surface area contributed by atoms with Gasteiger partial charge in [0, 0.05) is 24.4 Å². The third kappa shape index (κ3) is 3.33. The number of nitrogen functional groups attached to an aromatic ring is 1. The van der Waals surface area contributed by atoms with E-state index in [4.69, 9.17) is 5.73 Å². The minimum Gasteiger partial charge on any atom is -0.383 e. The fourth-order valence-corrected chi connectivity index (χ4v) is 2.81. The molecule has 2 aromatic rings. The molecule has 0 saturated heterocycles. The van der Waals surface area contributed by atoms with Crippen LogP contribution < -0.4 is 10.5 Å². The lowest BCUT2D eigenvalue weighted by Gasteiger charge is -2.08. The molecule has 0 radical (unpaired) electrons. The Hall–Kier alpha value is -2.52. The van der Waals surface area contributed by atoms with E-state index in [0.717, 1.165) is 0 Å². The Balaban J connectivity index is 2.24. The first-order chi connectivity index (χ1) is 9.92. The summed E-state index contributed by atoms with van der Waals surface area (Å²) >= 11 is 0. The highest BCUT2D eigenvalue weighted by Gasteiger charge is 2.20. The summed E-state index contributed by atoms with van der Waals surface area (Å²) < 4.78 is 26.5. The third-order valence-electron chi connectivity index (χ3n) is 2.73. The van der Waals surface area contributed by atoms with Crippen molar-refractivity contribution in [3.63, 3.8) is 0 Å².